The molecule has 0 saturated carbocycles. The molecule has 8 heteroatoms. The number of carboxylic acids is 1. The minimum Gasteiger partial charge on any atom is -0.479 e. The molecular weight excluding hydrogens is 340 g/mol. The molecule has 1 amide bonds. The van der Waals surface area contributed by atoms with Gasteiger partial charge < -0.3 is 15.2 Å². The summed E-state index contributed by atoms with van der Waals surface area (Å²) in [7, 11) is 1.37. The molecule has 122 valence electrons. The Bertz CT molecular complexity index is 734. The van der Waals surface area contributed by atoms with Crippen molar-refractivity contribution in [1.29, 1.82) is 0 Å². The van der Waals surface area contributed by atoms with Gasteiger partial charge in [0.25, 0.3) is 5.91 Å². The number of benzene rings is 1. The summed E-state index contributed by atoms with van der Waals surface area (Å²) in [6.07, 6.45) is 0. The number of carboxylic acid groups (broad SMARTS) is 1. The van der Waals surface area contributed by atoms with E-state index in [1.165, 1.54) is 25.4 Å². The Kier molecular flexibility index (Phi) is 5.35. The molecule has 0 aliphatic heterocycles. The Labute approximate surface area is 142 Å². The lowest BCUT2D eigenvalue weighted by Gasteiger charge is -2.24. The molecule has 0 spiro atoms. The van der Waals surface area contributed by atoms with E-state index in [1.807, 2.05) is 6.07 Å². The fourth-order valence-corrected chi connectivity index (χ4v) is 3.01. The number of amides is 1. The zero-order chi connectivity index (χ0) is 17.0. The number of ether oxygens (including phenoxy) is 1. The van der Waals surface area contributed by atoms with E-state index in [9.17, 15) is 14.7 Å². The van der Waals surface area contributed by atoms with E-state index in [4.69, 9.17) is 16.3 Å². The fraction of sp³-hybridized carbons (Fsp3) is 0.267. The van der Waals surface area contributed by atoms with E-state index in [-0.39, 0.29) is 12.3 Å². The van der Waals surface area contributed by atoms with Gasteiger partial charge in [0.2, 0.25) is 0 Å². The van der Waals surface area contributed by atoms with Crippen LogP contribution in [0.25, 0.3) is 10.6 Å². The van der Waals surface area contributed by atoms with Gasteiger partial charge in [-0.1, -0.05) is 29.8 Å². The molecule has 2 aromatic rings. The summed E-state index contributed by atoms with van der Waals surface area (Å²) in [5.41, 5.74) is -0.676. The lowest BCUT2D eigenvalue weighted by Crippen LogP contribution is -2.55. The first-order valence-electron chi connectivity index (χ1n) is 6.62. The van der Waals surface area contributed by atoms with Crippen LogP contribution in [0, 0.1) is 0 Å². The van der Waals surface area contributed by atoms with Gasteiger partial charge >= 0.3 is 5.97 Å². The van der Waals surface area contributed by atoms with E-state index >= 15 is 0 Å². The van der Waals surface area contributed by atoms with Crippen molar-refractivity contribution in [2.75, 3.05) is 13.7 Å². The number of carbonyl (C=O) groups excluding carboxylic acids is 1. The topological polar surface area (TPSA) is 88.5 Å². The Morgan fingerprint density at radius 1 is 1.43 bits per heavy atom. The first-order valence-corrected chi connectivity index (χ1v) is 7.88. The first-order chi connectivity index (χ1) is 10.9. The average Bonchev–Trinajstić information content (AvgIpc) is 2.97. The SMILES string of the molecule is COCC(C)(NC(=O)c1csc(-c2ccccc2Cl)n1)C(=O)O. The number of halogens is 1. The van der Waals surface area contributed by atoms with E-state index in [0.29, 0.717) is 10.0 Å². The number of carbonyl (C=O) groups is 2. The van der Waals surface area contributed by atoms with Gasteiger partial charge in [-0.05, 0) is 13.0 Å². The molecule has 0 fully saturated rings. The maximum absolute atomic E-state index is 12.3. The molecule has 0 saturated heterocycles. The molecule has 1 aromatic heterocycles. The first kappa shape index (κ1) is 17.4. The average molecular weight is 355 g/mol. The second-order valence-corrected chi connectivity index (χ2v) is 6.31. The van der Waals surface area contributed by atoms with Crippen molar-refractivity contribution in [3.05, 3.63) is 40.4 Å². The monoisotopic (exact) mass is 354 g/mol. The number of rotatable bonds is 6. The molecule has 2 rings (SSSR count). The quantitative estimate of drug-likeness (QED) is 0.832. The van der Waals surface area contributed by atoms with Crippen LogP contribution in [0.15, 0.2) is 29.6 Å². The number of aromatic nitrogens is 1. The predicted molar refractivity (Wildman–Crippen MR) is 87.9 cm³/mol. The summed E-state index contributed by atoms with van der Waals surface area (Å²) in [5, 5.41) is 14.4. The zero-order valence-electron chi connectivity index (χ0n) is 12.5. The maximum Gasteiger partial charge on any atom is 0.331 e. The van der Waals surface area contributed by atoms with E-state index in [1.54, 1.807) is 23.6 Å². The molecule has 0 aliphatic carbocycles. The van der Waals surface area contributed by atoms with Gasteiger partial charge in [0.15, 0.2) is 5.54 Å². The molecule has 2 N–H and O–H groups in total. The zero-order valence-corrected chi connectivity index (χ0v) is 14.1. The highest BCUT2D eigenvalue weighted by atomic mass is 35.5. The molecule has 0 radical (unpaired) electrons. The van der Waals surface area contributed by atoms with Gasteiger partial charge in [-0.2, -0.15) is 0 Å². The number of hydrogen-bond donors (Lipinski definition) is 2. The van der Waals surface area contributed by atoms with Crippen molar-refractivity contribution in [2.45, 2.75) is 12.5 Å². The highest BCUT2D eigenvalue weighted by molar-refractivity contribution is 7.13. The second kappa shape index (κ2) is 7.08. The molecule has 0 bridgehead atoms. The van der Waals surface area contributed by atoms with Crippen LogP contribution in [0.5, 0.6) is 0 Å². The molecular formula is C15H15ClN2O4S. The number of hydrogen-bond acceptors (Lipinski definition) is 5. The van der Waals surface area contributed by atoms with E-state index in [2.05, 4.69) is 10.3 Å². The van der Waals surface area contributed by atoms with Crippen LogP contribution in [-0.4, -0.2) is 41.2 Å². The van der Waals surface area contributed by atoms with Crippen molar-refractivity contribution < 1.29 is 19.4 Å². The standard InChI is InChI=1S/C15H15ClN2O4S/c1-15(8-22-2,14(20)21)18-12(19)11-7-23-13(17-11)9-5-3-4-6-10(9)16/h3-7H,8H2,1-2H3,(H,18,19)(H,20,21). The molecule has 0 aliphatic rings. The maximum atomic E-state index is 12.3. The van der Waals surface area contributed by atoms with E-state index in [0.717, 1.165) is 5.56 Å². The van der Waals surface area contributed by atoms with Gasteiger partial charge in [-0.3, -0.25) is 4.79 Å². The van der Waals surface area contributed by atoms with Crippen molar-refractivity contribution >= 4 is 34.8 Å². The molecule has 23 heavy (non-hydrogen) atoms. The summed E-state index contributed by atoms with van der Waals surface area (Å²) in [4.78, 5) is 27.8. The number of methoxy groups -OCH3 is 1. The number of thiazole rings is 1. The van der Waals surface area contributed by atoms with Gasteiger partial charge in [0.05, 0.1) is 11.6 Å². The lowest BCUT2D eigenvalue weighted by molar-refractivity contribution is -0.145. The lowest BCUT2D eigenvalue weighted by atomic mass is 10.0. The van der Waals surface area contributed by atoms with Crippen LogP contribution in [0.1, 0.15) is 17.4 Å². The van der Waals surface area contributed by atoms with Crippen LogP contribution in [-0.2, 0) is 9.53 Å². The number of nitrogens with zero attached hydrogens (tertiary/aromatic N) is 1. The minimum absolute atomic E-state index is 0.133. The van der Waals surface area contributed by atoms with Crippen molar-refractivity contribution in [3.8, 4) is 10.6 Å². The largest absolute Gasteiger partial charge is 0.479 e. The Hall–Kier alpha value is -1.96. The Balaban J connectivity index is 2.22. The predicted octanol–water partition coefficient (Wildman–Crippen LogP) is 2.68. The van der Waals surface area contributed by atoms with Crippen LogP contribution in [0.2, 0.25) is 5.02 Å². The number of nitrogens with one attached hydrogen (secondary N) is 1. The molecule has 6 nitrogen and oxygen atoms in total. The van der Waals surface area contributed by atoms with E-state index < -0.39 is 17.4 Å². The molecule has 1 heterocycles. The smallest absolute Gasteiger partial charge is 0.331 e. The third-order valence-electron chi connectivity index (χ3n) is 3.14. The summed E-state index contributed by atoms with van der Waals surface area (Å²) < 4.78 is 4.86. The fourth-order valence-electron chi connectivity index (χ4n) is 1.89. The second-order valence-electron chi connectivity index (χ2n) is 5.04. The molecule has 1 aromatic carbocycles. The molecule has 1 atom stereocenters. The number of aliphatic carboxylic acids is 1. The van der Waals surface area contributed by atoms with Gasteiger partial charge in [0.1, 0.15) is 10.7 Å². The van der Waals surface area contributed by atoms with Crippen LogP contribution in [0.4, 0.5) is 0 Å². The van der Waals surface area contributed by atoms with Gasteiger partial charge in [-0.15, -0.1) is 11.3 Å². The van der Waals surface area contributed by atoms with Gasteiger partial charge in [-0.25, -0.2) is 9.78 Å². The summed E-state index contributed by atoms with van der Waals surface area (Å²) in [6.45, 7) is 1.22. The van der Waals surface area contributed by atoms with Crippen molar-refractivity contribution in [2.24, 2.45) is 0 Å². The minimum atomic E-state index is -1.53. The third kappa shape index (κ3) is 3.87. The Morgan fingerprint density at radius 2 is 2.13 bits per heavy atom. The third-order valence-corrected chi connectivity index (χ3v) is 4.34. The van der Waals surface area contributed by atoms with Crippen molar-refractivity contribution in [1.82, 2.24) is 10.3 Å². The van der Waals surface area contributed by atoms with Crippen LogP contribution >= 0.6 is 22.9 Å². The highest BCUT2D eigenvalue weighted by Gasteiger charge is 2.35. The summed E-state index contributed by atoms with van der Waals surface area (Å²) >= 11 is 7.37. The normalized spacial score (nSPS) is 13.3. The molecule has 1 unspecified atom stereocenters. The van der Waals surface area contributed by atoms with Crippen LogP contribution in [0.3, 0.4) is 0 Å². The van der Waals surface area contributed by atoms with Crippen molar-refractivity contribution in [3.63, 3.8) is 0 Å². The Morgan fingerprint density at radius 3 is 2.74 bits per heavy atom. The summed E-state index contributed by atoms with van der Waals surface area (Å²) in [6, 6.07) is 7.16. The highest BCUT2D eigenvalue weighted by Crippen LogP contribution is 2.30. The summed E-state index contributed by atoms with van der Waals surface area (Å²) in [5.74, 6) is -1.77. The van der Waals surface area contributed by atoms with Gasteiger partial charge in [0, 0.05) is 18.1 Å². The van der Waals surface area contributed by atoms with Crippen LogP contribution < -0.4 is 5.32 Å².